The highest BCUT2D eigenvalue weighted by Crippen LogP contribution is 2.49. The maximum absolute atomic E-state index is 7.84. The highest BCUT2D eigenvalue weighted by molar-refractivity contribution is 6.77. The van der Waals surface area contributed by atoms with Crippen molar-refractivity contribution >= 4 is 8.32 Å². The Morgan fingerprint density at radius 2 is 1.38 bits per heavy atom. The zero-order valence-corrected chi connectivity index (χ0v) is 37.7. The molecule has 0 radical (unpaired) electrons. The minimum atomic E-state index is -2.45. The van der Waals surface area contributed by atoms with Crippen LogP contribution in [-0.2, 0) is 50.8 Å². The van der Waals surface area contributed by atoms with Gasteiger partial charge in [-0.3, -0.25) is 0 Å². The third-order valence-electron chi connectivity index (χ3n) is 13.9. The number of hydrogen-bond donors (Lipinski definition) is 0. The van der Waals surface area contributed by atoms with Crippen molar-refractivity contribution in [3.05, 3.63) is 71.8 Å². The molecule has 7 rings (SSSR count). The summed E-state index contributed by atoms with van der Waals surface area (Å²) in [6.07, 6.45) is 6.46. The van der Waals surface area contributed by atoms with Crippen LogP contribution in [-0.4, -0.2) is 75.8 Å². The van der Waals surface area contributed by atoms with Crippen LogP contribution in [0.5, 0.6) is 0 Å². The van der Waals surface area contributed by atoms with Gasteiger partial charge < -0.3 is 37.6 Å². The lowest BCUT2D eigenvalue weighted by Crippen LogP contribution is -2.67. The molecule has 0 aliphatic carbocycles. The molecule has 5 saturated heterocycles. The largest absolute Gasteiger partial charge is 0.408 e. The van der Waals surface area contributed by atoms with Crippen molar-refractivity contribution in [2.45, 2.75) is 197 Å². The van der Waals surface area contributed by atoms with E-state index in [1.54, 1.807) is 0 Å². The van der Waals surface area contributed by atoms with Gasteiger partial charge in [-0.1, -0.05) is 121 Å². The van der Waals surface area contributed by atoms with Gasteiger partial charge >= 0.3 is 0 Å². The monoisotopic (exact) mass is 816 g/mol. The zero-order valence-electron chi connectivity index (χ0n) is 36.7. The molecule has 2 spiro atoms. The molecule has 5 aliphatic rings. The second-order valence-corrected chi connectivity index (χ2v) is 24.4. The average molecular weight is 817 g/mol. The topological polar surface area (TPSA) is 73.8 Å². The van der Waals surface area contributed by atoms with Crippen LogP contribution in [0.15, 0.2) is 60.7 Å². The lowest BCUT2D eigenvalue weighted by Gasteiger charge is -2.54. The number of benzene rings is 2. The highest BCUT2D eigenvalue weighted by Gasteiger charge is 2.59. The number of hydrogen-bond acceptors (Lipinski definition) is 8. The average Bonchev–Trinajstić information content (AvgIpc) is 3.61. The van der Waals surface area contributed by atoms with Gasteiger partial charge in [0.25, 0.3) is 0 Å². The summed E-state index contributed by atoms with van der Waals surface area (Å²) >= 11 is 0. The quantitative estimate of drug-likeness (QED) is 0.146. The number of ether oxygens (including phenoxy) is 7. The van der Waals surface area contributed by atoms with Crippen LogP contribution in [0.4, 0.5) is 0 Å². The first kappa shape index (κ1) is 44.0. The molecule has 0 aromatic heterocycles. The minimum Gasteiger partial charge on any atom is -0.408 e. The predicted molar refractivity (Wildman–Crippen MR) is 229 cm³/mol. The Morgan fingerprint density at radius 3 is 2.03 bits per heavy atom. The standard InChI is InChI=1S/C49H72O8Si/c1-34(2)58(35(3)4,36(5)6)57-47-45(51-32-40-19-13-10-14-20-40)42(22-21-37(7)44-38(8)23-27-48(55-44)26-15-16-30-52-48)53-43-25-29-49(56-46(43)47)28-24-41(54-49)33-50-31-39-17-11-9-12-18-39/h9-14,17-20,34-38,41-47H,15-16,23-33H2,1-8H3/t37-,38+,41+,42+,43+,44+,45+,46+,47+,48-,49+/m0/s1. The van der Waals surface area contributed by atoms with Gasteiger partial charge in [-0.25, -0.2) is 0 Å². The van der Waals surface area contributed by atoms with Gasteiger partial charge in [0.15, 0.2) is 11.6 Å². The minimum absolute atomic E-state index is 0.0116. The first-order chi connectivity index (χ1) is 27.9. The summed E-state index contributed by atoms with van der Waals surface area (Å²) in [6.45, 7) is 20.9. The van der Waals surface area contributed by atoms with Gasteiger partial charge in [-0.2, -0.15) is 0 Å². The summed E-state index contributed by atoms with van der Waals surface area (Å²) in [5.41, 5.74) is 3.39. The van der Waals surface area contributed by atoms with E-state index in [2.05, 4.69) is 104 Å². The third kappa shape index (κ3) is 9.82. The van der Waals surface area contributed by atoms with Gasteiger partial charge in [0.1, 0.15) is 24.4 Å². The van der Waals surface area contributed by atoms with E-state index in [0.717, 1.165) is 75.5 Å². The summed E-state index contributed by atoms with van der Waals surface area (Å²) in [5.74, 6) is 6.54. The van der Waals surface area contributed by atoms with E-state index in [4.69, 9.17) is 37.6 Å². The van der Waals surface area contributed by atoms with Crippen molar-refractivity contribution in [3.63, 3.8) is 0 Å². The molecule has 58 heavy (non-hydrogen) atoms. The van der Waals surface area contributed by atoms with E-state index >= 15 is 0 Å². The lowest BCUT2D eigenvalue weighted by molar-refractivity contribution is -0.339. The van der Waals surface area contributed by atoms with Crippen molar-refractivity contribution in [1.29, 1.82) is 0 Å². The molecule has 5 aliphatic heterocycles. The van der Waals surface area contributed by atoms with E-state index in [9.17, 15) is 0 Å². The molecule has 0 bridgehead atoms. The van der Waals surface area contributed by atoms with Crippen molar-refractivity contribution in [1.82, 2.24) is 0 Å². The summed E-state index contributed by atoms with van der Waals surface area (Å²) in [6, 6.07) is 20.7. The fourth-order valence-corrected chi connectivity index (χ4v) is 16.5. The highest BCUT2D eigenvalue weighted by atomic mass is 28.4. The summed E-state index contributed by atoms with van der Waals surface area (Å²) in [5, 5.41) is 0. The molecule has 0 unspecified atom stereocenters. The molecule has 5 fully saturated rings. The molecule has 320 valence electrons. The third-order valence-corrected chi connectivity index (χ3v) is 20.0. The van der Waals surface area contributed by atoms with Crippen LogP contribution in [0.1, 0.15) is 124 Å². The number of fused-ring (bicyclic) bond motifs is 1. The smallest absolute Gasteiger partial charge is 0.201 e. The second kappa shape index (κ2) is 19.3. The van der Waals surface area contributed by atoms with Crippen LogP contribution in [0, 0.1) is 23.7 Å². The summed E-state index contributed by atoms with van der Waals surface area (Å²) in [7, 11) is -2.45. The first-order valence-corrected chi connectivity index (χ1v) is 24.9. The van der Waals surface area contributed by atoms with E-state index in [1.165, 1.54) is 0 Å². The van der Waals surface area contributed by atoms with Crippen LogP contribution < -0.4 is 0 Å². The molecule has 0 amide bonds. The van der Waals surface area contributed by atoms with Crippen LogP contribution in [0.2, 0.25) is 16.6 Å². The van der Waals surface area contributed by atoms with E-state index in [1.807, 2.05) is 24.3 Å². The molecule has 0 saturated carbocycles. The Morgan fingerprint density at radius 1 is 0.724 bits per heavy atom. The zero-order chi connectivity index (χ0) is 40.9. The normalized spacial score (nSPS) is 34.7. The van der Waals surface area contributed by atoms with Crippen LogP contribution in [0.25, 0.3) is 0 Å². The summed E-state index contributed by atoms with van der Waals surface area (Å²) < 4.78 is 55.5. The second-order valence-electron chi connectivity index (χ2n) is 19.0. The van der Waals surface area contributed by atoms with Crippen molar-refractivity contribution in [2.75, 3.05) is 13.2 Å². The summed E-state index contributed by atoms with van der Waals surface area (Å²) in [4.78, 5) is 0. The Hall–Kier alpha value is -2.10. The maximum Gasteiger partial charge on any atom is 0.201 e. The molecule has 0 N–H and O–H groups in total. The molecule has 9 heteroatoms. The molecule has 5 heterocycles. The van der Waals surface area contributed by atoms with Gasteiger partial charge in [0.05, 0.1) is 44.7 Å². The lowest BCUT2D eigenvalue weighted by atomic mass is 9.83. The fraction of sp³-hybridized carbons (Fsp3) is 0.714. The SMILES string of the molecule is CC(C)[Si](O[C@@H]1[C@H](OCc2ccccc2)[C@@H](C#C[C@H](C)[C@H]2O[C@@]3(CCCCO3)CC[C@H]2C)O[C@@H]2CC[C@@]3(CC[C@H](COCc4ccccc4)O3)O[C@@H]12)(C(C)C)C(C)C. The number of rotatable bonds is 13. The van der Waals surface area contributed by atoms with Crippen molar-refractivity contribution in [2.24, 2.45) is 11.8 Å². The fourth-order valence-electron chi connectivity index (χ4n) is 10.9. The Bertz CT molecular complexity index is 1610. The van der Waals surface area contributed by atoms with Crippen LogP contribution >= 0.6 is 0 Å². The maximum atomic E-state index is 7.84. The molecule has 2 aromatic rings. The Balaban J connectivity index is 1.18. The molecule has 8 nitrogen and oxygen atoms in total. The van der Waals surface area contributed by atoms with Crippen molar-refractivity contribution in [3.8, 4) is 11.8 Å². The first-order valence-electron chi connectivity index (χ1n) is 22.7. The molecular weight excluding hydrogens is 745 g/mol. The van der Waals surface area contributed by atoms with Gasteiger partial charge in [0, 0.05) is 31.6 Å². The van der Waals surface area contributed by atoms with E-state index in [0.29, 0.717) is 42.4 Å². The van der Waals surface area contributed by atoms with E-state index < -0.39 is 38.2 Å². The van der Waals surface area contributed by atoms with Gasteiger partial charge in [-0.05, 0) is 72.7 Å². The van der Waals surface area contributed by atoms with E-state index in [-0.39, 0.29) is 30.3 Å². The van der Waals surface area contributed by atoms with Gasteiger partial charge in [-0.15, -0.1) is 0 Å². The van der Waals surface area contributed by atoms with Crippen molar-refractivity contribution < 1.29 is 37.6 Å². The van der Waals surface area contributed by atoms with Gasteiger partial charge in [0.2, 0.25) is 8.32 Å². The van der Waals surface area contributed by atoms with Crippen LogP contribution in [0.3, 0.4) is 0 Å². The Kier molecular flexibility index (Phi) is 14.6. The predicted octanol–water partition coefficient (Wildman–Crippen LogP) is 10.5. The molecular formula is C49H72O8Si. The molecule has 2 aromatic carbocycles. The molecule has 11 atom stereocenters. The Labute approximate surface area is 350 Å².